The van der Waals surface area contributed by atoms with Gasteiger partial charge in [0.2, 0.25) is 0 Å². The highest BCUT2D eigenvalue weighted by atomic mass is 35.5. The Morgan fingerprint density at radius 1 is 0.960 bits per heavy atom. The van der Waals surface area contributed by atoms with Crippen molar-refractivity contribution in [2.45, 2.75) is 6.18 Å². The van der Waals surface area contributed by atoms with Gasteiger partial charge in [0.1, 0.15) is 5.75 Å². The van der Waals surface area contributed by atoms with Crippen LogP contribution in [0.4, 0.5) is 18.2 Å². The van der Waals surface area contributed by atoms with Crippen LogP contribution in [0.25, 0.3) is 21.6 Å². The largest absolute Gasteiger partial charge is 0.506 e. The Morgan fingerprint density at radius 2 is 1.68 bits per heavy atom. The van der Waals surface area contributed by atoms with Crippen LogP contribution in [0.15, 0.2) is 42.5 Å². The van der Waals surface area contributed by atoms with E-state index in [4.69, 9.17) is 28.9 Å². The Morgan fingerprint density at radius 3 is 2.32 bits per heavy atom. The lowest BCUT2D eigenvalue weighted by Crippen LogP contribution is -2.04. The zero-order valence-electron chi connectivity index (χ0n) is 12.4. The first kappa shape index (κ1) is 17.9. The highest BCUT2D eigenvalue weighted by Crippen LogP contribution is 2.50. The van der Waals surface area contributed by atoms with E-state index in [0.29, 0.717) is 20.5 Å². The molecule has 0 atom stereocenters. The molecule has 0 radical (unpaired) electrons. The lowest BCUT2D eigenvalue weighted by Gasteiger charge is -2.09. The van der Waals surface area contributed by atoms with E-state index in [1.807, 2.05) is 0 Å². The monoisotopic (exact) mass is 403 g/mol. The van der Waals surface area contributed by atoms with Crippen molar-refractivity contribution in [3.8, 4) is 27.3 Å². The molecule has 2 aromatic carbocycles. The third-order valence-corrected chi connectivity index (χ3v) is 5.37. The van der Waals surface area contributed by atoms with E-state index in [-0.39, 0.29) is 21.9 Å². The number of benzene rings is 2. The first-order valence-corrected chi connectivity index (χ1v) is 8.50. The number of nitrogens with two attached hydrogens (primary N) is 1. The lowest BCUT2D eigenvalue weighted by molar-refractivity contribution is -0.137. The molecule has 3 aromatic rings. The summed E-state index contributed by atoms with van der Waals surface area (Å²) in [6.07, 6.45) is -4.48. The molecular weight excluding hydrogens is 394 g/mol. The number of hydrogen-bond acceptors (Lipinski definition) is 3. The van der Waals surface area contributed by atoms with Crippen LogP contribution in [0.3, 0.4) is 0 Å². The predicted molar refractivity (Wildman–Crippen MR) is 96.3 cm³/mol. The summed E-state index contributed by atoms with van der Waals surface area (Å²) in [5.41, 5.74) is 6.07. The van der Waals surface area contributed by atoms with Crippen molar-refractivity contribution in [3.63, 3.8) is 0 Å². The lowest BCUT2D eigenvalue weighted by atomic mass is 10.0. The Bertz CT molecular complexity index is 954. The molecule has 0 bridgehead atoms. The van der Waals surface area contributed by atoms with Gasteiger partial charge < -0.3 is 10.8 Å². The number of halogens is 5. The number of thiophene rings is 1. The number of aromatic hydroxyl groups is 1. The van der Waals surface area contributed by atoms with Gasteiger partial charge in [0.15, 0.2) is 0 Å². The molecule has 0 aliphatic heterocycles. The molecule has 0 fully saturated rings. The van der Waals surface area contributed by atoms with Crippen LogP contribution in [0.1, 0.15) is 5.56 Å². The summed E-state index contributed by atoms with van der Waals surface area (Å²) in [7, 11) is 0. The molecular formula is C17H10Cl2F3NOS. The molecule has 25 heavy (non-hydrogen) atoms. The first-order valence-electron chi connectivity index (χ1n) is 6.92. The normalized spacial score (nSPS) is 11.7. The van der Waals surface area contributed by atoms with Crippen molar-refractivity contribution in [2.24, 2.45) is 0 Å². The molecule has 0 aliphatic carbocycles. The van der Waals surface area contributed by atoms with E-state index < -0.39 is 11.7 Å². The fraction of sp³-hybridized carbons (Fsp3) is 0.0588. The quantitative estimate of drug-likeness (QED) is 0.500. The van der Waals surface area contributed by atoms with Crippen LogP contribution >= 0.6 is 34.5 Å². The minimum absolute atomic E-state index is 0.164. The van der Waals surface area contributed by atoms with Crippen LogP contribution in [0.5, 0.6) is 5.75 Å². The first-order chi connectivity index (χ1) is 11.7. The summed E-state index contributed by atoms with van der Waals surface area (Å²) in [6.45, 7) is 0. The topological polar surface area (TPSA) is 46.2 Å². The van der Waals surface area contributed by atoms with Crippen molar-refractivity contribution in [1.82, 2.24) is 0 Å². The molecule has 0 unspecified atom stereocenters. The maximum absolute atomic E-state index is 12.9. The maximum Gasteiger partial charge on any atom is 0.416 e. The van der Waals surface area contributed by atoms with Crippen molar-refractivity contribution < 1.29 is 18.3 Å². The second-order valence-corrected chi connectivity index (χ2v) is 7.09. The molecule has 2 nitrogen and oxygen atoms in total. The summed E-state index contributed by atoms with van der Waals surface area (Å²) in [6, 6.07) is 9.43. The van der Waals surface area contributed by atoms with Gasteiger partial charge in [-0.15, -0.1) is 11.3 Å². The summed E-state index contributed by atoms with van der Waals surface area (Å²) in [5.74, 6) is -0.194. The van der Waals surface area contributed by atoms with Gasteiger partial charge in [-0.3, -0.25) is 0 Å². The highest BCUT2D eigenvalue weighted by molar-refractivity contribution is 7.20. The van der Waals surface area contributed by atoms with Crippen LogP contribution in [-0.2, 0) is 6.18 Å². The summed E-state index contributed by atoms with van der Waals surface area (Å²) in [5, 5.41) is 11.4. The van der Waals surface area contributed by atoms with Crippen molar-refractivity contribution >= 4 is 39.5 Å². The Labute approximate surface area is 155 Å². The second-order valence-electron chi connectivity index (χ2n) is 5.23. The Hall–Kier alpha value is -1.89. The van der Waals surface area contributed by atoms with Crippen LogP contribution in [-0.4, -0.2) is 5.11 Å². The number of anilines is 1. The average Bonchev–Trinajstić information content (AvgIpc) is 2.84. The molecule has 3 N–H and O–H groups in total. The van der Waals surface area contributed by atoms with Gasteiger partial charge >= 0.3 is 6.18 Å². The van der Waals surface area contributed by atoms with Crippen molar-refractivity contribution in [1.29, 1.82) is 0 Å². The highest BCUT2D eigenvalue weighted by Gasteiger charge is 2.31. The Kier molecular flexibility index (Phi) is 4.62. The smallest absolute Gasteiger partial charge is 0.416 e. The second kappa shape index (κ2) is 6.44. The van der Waals surface area contributed by atoms with E-state index in [9.17, 15) is 18.3 Å². The van der Waals surface area contributed by atoms with Gasteiger partial charge in [-0.25, -0.2) is 0 Å². The van der Waals surface area contributed by atoms with Crippen LogP contribution < -0.4 is 5.73 Å². The fourth-order valence-corrected chi connectivity index (χ4v) is 3.68. The Balaban J connectivity index is 2.14. The molecule has 1 heterocycles. The van der Waals surface area contributed by atoms with E-state index >= 15 is 0 Å². The molecule has 0 amide bonds. The van der Waals surface area contributed by atoms with E-state index in [2.05, 4.69) is 0 Å². The summed E-state index contributed by atoms with van der Waals surface area (Å²) >= 11 is 12.9. The number of hydrogen-bond donors (Lipinski definition) is 2. The molecule has 3 rings (SSSR count). The average molecular weight is 404 g/mol. The number of nitrogen functional groups attached to an aromatic ring is 1. The molecule has 0 saturated carbocycles. The summed E-state index contributed by atoms with van der Waals surface area (Å²) < 4.78 is 38.8. The molecule has 0 saturated heterocycles. The zero-order chi connectivity index (χ0) is 18.4. The molecule has 0 spiro atoms. The van der Waals surface area contributed by atoms with E-state index in [1.165, 1.54) is 12.1 Å². The van der Waals surface area contributed by atoms with Gasteiger partial charge in [0.25, 0.3) is 0 Å². The SMILES string of the molecule is Nc1sc(-c2ccc(Cl)c(Cl)c2)c(O)c1-c1cccc(C(F)(F)F)c1. The van der Waals surface area contributed by atoms with Crippen LogP contribution in [0.2, 0.25) is 10.0 Å². The van der Waals surface area contributed by atoms with E-state index in [0.717, 1.165) is 23.5 Å². The molecule has 1 aromatic heterocycles. The summed E-state index contributed by atoms with van der Waals surface area (Å²) in [4.78, 5) is 0.406. The van der Waals surface area contributed by atoms with E-state index in [1.54, 1.807) is 18.2 Å². The molecule has 130 valence electrons. The number of rotatable bonds is 2. The minimum Gasteiger partial charge on any atom is -0.506 e. The number of alkyl halides is 3. The fourth-order valence-electron chi connectivity index (χ4n) is 2.40. The van der Waals surface area contributed by atoms with Gasteiger partial charge in [0.05, 0.1) is 31.1 Å². The van der Waals surface area contributed by atoms with Gasteiger partial charge in [-0.1, -0.05) is 41.4 Å². The zero-order valence-corrected chi connectivity index (χ0v) is 14.7. The molecule has 0 aliphatic rings. The van der Waals surface area contributed by atoms with Crippen molar-refractivity contribution in [2.75, 3.05) is 5.73 Å². The van der Waals surface area contributed by atoms with Crippen LogP contribution in [0, 0.1) is 0 Å². The van der Waals surface area contributed by atoms with Gasteiger partial charge in [-0.05, 0) is 35.4 Å². The standard InChI is InChI=1S/C17H10Cl2F3NOS/c18-11-5-4-9(7-12(11)19)15-14(24)13(16(23)25-15)8-2-1-3-10(6-8)17(20,21)22/h1-7,24H,23H2. The third kappa shape index (κ3) is 3.42. The maximum atomic E-state index is 12.9. The minimum atomic E-state index is -4.48. The van der Waals surface area contributed by atoms with Gasteiger partial charge in [-0.2, -0.15) is 13.2 Å². The third-order valence-electron chi connectivity index (χ3n) is 3.57. The molecule has 8 heteroatoms. The van der Waals surface area contributed by atoms with Crippen molar-refractivity contribution in [3.05, 3.63) is 58.1 Å². The predicted octanol–water partition coefficient (Wildman–Crippen LogP) is 6.70. The van der Waals surface area contributed by atoms with Gasteiger partial charge in [0, 0.05) is 0 Å².